The number of hydrogen-bond donors (Lipinski definition) is 1. The van der Waals surface area contributed by atoms with Crippen LogP contribution in [0, 0.1) is 5.82 Å². The van der Waals surface area contributed by atoms with Gasteiger partial charge in [0.1, 0.15) is 6.17 Å². The molecule has 2 aromatic rings. The number of alkyl halides is 1. The van der Waals surface area contributed by atoms with Crippen LogP contribution in [0.3, 0.4) is 0 Å². The molecule has 2 N–H and O–H groups in total. The summed E-state index contributed by atoms with van der Waals surface area (Å²) in [5.74, 6) is -1.69. The fourth-order valence-electron chi connectivity index (χ4n) is 2.00. The fraction of sp³-hybridized carbons (Fsp3) is 0.429. The van der Waals surface area contributed by atoms with Crippen molar-refractivity contribution in [1.82, 2.24) is 19.6 Å². The molecule has 24 heavy (non-hydrogen) atoms. The fourth-order valence-corrected chi connectivity index (χ4v) is 2.00. The molecule has 130 valence electrons. The topological polar surface area (TPSA) is 105 Å². The lowest BCUT2D eigenvalue weighted by Gasteiger charge is -2.10. The Bertz CT molecular complexity index is 774. The number of ether oxygens (including phenoxy) is 1. The molecule has 0 fully saturated rings. The van der Waals surface area contributed by atoms with Crippen LogP contribution in [-0.4, -0.2) is 38.3 Å². The summed E-state index contributed by atoms with van der Waals surface area (Å²) in [6.07, 6.45) is 1.17. The number of rotatable bonds is 7. The lowest BCUT2D eigenvalue weighted by atomic mass is 10.2. The van der Waals surface area contributed by atoms with Gasteiger partial charge in [-0.15, -0.1) is 5.10 Å². The SMILES string of the molecule is CCOC(=O)c1cn(CC(F)CCn2ccc(N)c(F)c2=O)nn1. The maximum atomic E-state index is 14.0. The summed E-state index contributed by atoms with van der Waals surface area (Å²) in [6, 6.07) is 1.24. The molecule has 0 bridgehead atoms. The van der Waals surface area contributed by atoms with E-state index >= 15 is 0 Å². The molecule has 0 aliphatic carbocycles. The van der Waals surface area contributed by atoms with Crippen molar-refractivity contribution >= 4 is 11.7 Å². The van der Waals surface area contributed by atoms with Crippen LogP contribution < -0.4 is 11.3 Å². The molecule has 1 atom stereocenters. The normalized spacial score (nSPS) is 12.1. The van der Waals surface area contributed by atoms with Gasteiger partial charge in [0.15, 0.2) is 5.69 Å². The maximum Gasteiger partial charge on any atom is 0.360 e. The molecule has 0 saturated carbocycles. The molecule has 1 unspecified atom stereocenters. The smallest absolute Gasteiger partial charge is 0.360 e. The molecule has 0 saturated heterocycles. The second-order valence-electron chi connectivity index (χ2n) is 5.02. The minimum absolute atomic E-state index is 0.0131. The number of carbonyl (C=O) groups excluding carboxylic acids is 1. The van der Waals surface area contributed by atoms with Crippen molar-refractivity contribution in [2.75, 3.05) is 12.3 Å². The number of nitrogens with two attached hydrogens (primary N) is 1. The Morgan fingerprint density at radius 3 is 2.96 bits per heavy atom. The Morgan fingerprint density at radius 1 is 1.50 bits per heavy atom. The quantitative estimate of drug-likeness (QED) is 0.746. The van der Waals surface area contributed by atoms with Gasteiger partial charge in [-0.2, -0.15) is 4.39 Å². The van der Waals surface area contributed by atoms with Crippen LogP contribution in [0.5, 0.6) is 0 Å². The summed E-state index contributed by atoms with van der Waals surface area (Å²) in [5, 5.41) is 7.23. The Morgan fingerprint density at radius 2 is 2.25 bits per heavy atom. The first-order valence-electron chi connectivity index (χ1n) is 7.28. The van der Waals surface area contributed by atoms with Crippen LogP contribution >= 0.6 is 0 Å². The van der Waals surface area contributed by atoms with Crippen molar-refractivity contribution in [3.8, 4) is 0 Å². The number of pyridine rings is 1. The van der Waals surface area contributed by atoms with Gasteiger partial charge in [0.2, 0.25) is 5.82 Å². The second kappa shape index (κ2) is 7.66. The molecular weight excluding hydrogens is 324 g/mol. The van der Waals surface area contributed by atoms with Crippen molar-refractivity contribution in [2.45, 2.75) is 32.6 Å². The number of aromatic nitrogens is 4. The second-order valence-corrected chi connectivity index (χ2v) is 5.02. The molecule has 2 heterocycles. The van der Waals surface area contributed by atoms with Crippen molar-refractivity contribution < 1.29 is 18.3 Å². The molecule has 0 spiro atoms. The summed E-state index contributed by atoms with van der Waals surface area (Å²) in [7, 11) is 0. The van der Waals surface area contributed by atoms with Crippen LogP contribution in [0.15, 0.2) is 23.3 Å². The van der Waals surface area contributed by atoms with Gasteiger partial charge in [-0.3, -0.25) is 4.79 Å². The number of hydrogen-bond acceptors (Lipinski definition) is 6. The molecule has 10 heteroatoms. The van der Waals surface area contributed by atoms with E-state index in [-0.39, 0.29) is 37.5 Å². The highest BCUT2D eigenvalue weighted by molar-refractivity contribution is 5.86. The van der Waals surface area contributed by atoms with E-state index < -0.39 is 23.5 Å². The first-order chi connectivity index (χ1) is 11.4. The van der Waals surface area contributed by atoms with Gasteiger partial charge in [0, 0.05) is 12.7 Å². The van der Waals surface area contributed by atoms with E-state index in [9.17, 15) is 18.4 Å². The third kappa shape index (κ3) is 4.15. The third-order valence-corrected chi connectivity index (χ3v) is 3.23. The van der Waals surface area contributed by atoms with Crippen molar-refractivity contribution in [3.63, 3.8) is 0 Å². The largest absolute Gasteiger partial charge is 0.461 e. The van der Waals surface area contributed by atoms with Gasteiger partial charge in [0.05, 0.1) is 25.0 Å². The first kappa shape index (κ1) is 17.6. The minimum atomic E-state index is -1.37. The zero-order valence-electron chi connectivity index (χ0n) is 13.0. The zero-order valence-corrected chi connectivity index (χ0v) is 13.0. The van der Waals surface area contributed by atoms with Gasteiger partial charge in [-0.25, -0.2) is 13.9 Å². The number of nitrogen functional groups attached to an aromatic ring is 1. The van der Waals surface area contributed by atoms with Crippen LogP contribution in [0.25, 0.3) is 0 Å². The van der Waals surface area contributed by atoms with Crippen molar-refractivity contribution in [3.05, 3.63) is 40.3 Å². The van der Waals surface area contributed by atoms with E-state index in [4.69, 9.17) is 10.5 Å². The summed E-state index contributed by atoms with van der Waals surface area (Å²) >= 11 is 0. The molecule has 8 nitrogen and oxygen atoms in total. The highest BCUT2D eigenvalue weighted by Gasteiger charge is 2.15. The van der Waals surface area contributed by atoms with Gasteiger partial charge in [-0.05, 0) is 19.4 Å². The predicted molar refractivity (Wildman–Crippen MR) is 80.6 cm³/mol. The molecule has 0 radical (unpaired) electrons. The Labute approximate surface area is 135 Å². The molecular formula is C14H17F2N5O3. The van der Waals surface area contributed by atoms with Crippen LogP contribution in [0.2, 0.25) is 0 Å². The van der Waals surface area contributed by atoms with Crippen LogP contribution in [-0.2, 0) is 17.8 Å². The molecule has 2 rings (SSSR count). The zero-order chi connectivity index (χ0) is 17.7. The number of nitrogens with zero attached hydrogens (tertiary/aromatic N) is 4. The summed E-state index contributed by atoms with van der Waals surface area (Å²) < 4.78 is 34.4. The highest BCUT2D eigenvalue weighted by atomic mass is 19.1. The first-order valence-corrected chi connectivity index (χ1v) is 7.28. The Hall–Kier alpha value is -2.78. The van der Waals surface area contributed by atoms with E-state index in [0.717, 1.165) is 4.57 Å². The standard InChI is InChI=1S/C14H17F2N5O3/c1-2-24-14(23)11-8-21(19-18-11)7-9(15)3-5-20-6-4-10(17)12(16)13(20)22/h4,6,8-9H,2-3,5,7,17H2,1H3. The van der Waals surface area contributed by atoms with Gasteiger partial charge in [0.25, 0.3) is 5.56 Å². The summed E-state index contributed by atoms with van der Waals surface area (Å²) in [6.45, 7) is 1.68. The van der Waals surface area contributed by atoms with E-state index in [0.29, 0.717) is 0 Å². The van der Waals surface area contributed by atoms with Gasteiger partial charge >= 0.3 is 5.97 Å². The van der Waals surface area contributed by atoms with Gasteiger partial charge in [-0.1, -0.05) is 5.21 Å². The number of anilines is 1. The molecule has 0 aliphatic heterocycles. The summed E-state index contributed by atoms with van der Waals surface area (Å²) in [4.78, 5) is 23.0. The van der Waals surface area contributed by atoms with Crippen LogP contribution in [0.4, 0.5) is 14.5 Å². The molecule has 0 amide bonds. The number of aryl methyl sites for hydroxylation is 1. The molecule has 2 aromatic heterocycles. The average Bonchev–Trinajstić information content (AvgIpc) is 3.01. The van der Waals surface area contributed by atoms with Crippen LogP contribution in [0.1, 0.15) is 23.8 Å². The maximum absolute atomic E-state index is 14.0. The van der Waals surface area contributed by atoms with E-state index in [1.54, 1.807) is 6.92 Å². The monoisotopic (exact) mass is 341 g/mol. The summed E-state index contributed by atoms with van der Waals surface area (Å²) in [5.41, 5.74) is 4.12. The highest BCUT2D eigenvalue weighted by Crippen LogP contribution is 2.07. The Kier molecular flexibility index (Phi) is 5.61. The molecule has 0 aliphatic rings. The van der Waals surface area contributed by atoms with E-state index in [1.165, 1.54) is 23.1 Å². The van der Waals surface area contributed by atoms with Crippen molar-refractivity contribution in [1.29, 1.82) is 0 Å². The molecule has 0 aromatic carbocycles. The number of halogens is 2. The minimum Gasteiger partial charge on any atom is -0.461 e. The lowest BCUT2D eigenvalue weighted by Crippen LogP contribution is -2.25. The Balaban J connectivity index is 1.92. The predicted octanol–water partition coefficient (Wildman–Crippen LogP) is 0.766. The number of esters is 1. The third-order valence-electron chi connectivity index (χ3n) is 3.23. The van der Waals surface area contributed by atoms with E-state index in [1.807, 2.05) is 0 Å². The van der Waals surface area contributed by atoms with E-state index in [2.05, 4.69) is 10.3 Å². The van der Waals surface area contributed by atoms with Crippen molar-refractivity contribution in [2.24, 2.45) is 0 Å². The average molecular weight is 341 g/mol. The lowest BCUT2D eigenvalue weighted by molar-refractivity contribution is 0.0519. The number of carbonyl (C=O) groups is 1. The van der Waals surface area contributed by atoms with Gasteiger partial charge < -0.3 is 15.0 Å².